The van der Waals surface area contributed by atoms with Gasteiger partial charge in [-0.3, -0.25) is 4.79 Å². The van der Waals surface area contributed by atoms with Gasteiger partial charge in [-0.15, -0.1) is 0 Å². The Morgan fingerprint density at radius 1 is 1.40 bits per heavy atom. The molecule has 20 heavy (non-hydrogen) atoms. The van der Waals surface area contributed by atoms with Crippen molar-refractivity contribution in [3.8, 4) is 11.5 Å². The zero-order valence-corrected chi connectivity index (χ0v) is 13.8. The summed E-state index contributed by atoms with van der Waals surface area (Å²) >= 11 is 3.38. The van der Waals surface area contributed by atoms with E-state index in [4.69, 9.17) is 4.74 Å². The second-order valence-corrected chi connectivity index (χ2v) is 5.31. The van der Waals surface area contributed by atoms with Crippen LogP contribution in [0, 0.1) is 0 Å². The van der Waals surface area contributed by atoms with Crippen LogP contribution in [0.4, 0.5) is 0 Å². The van der Waals surface area contributed by atoms with Gasteiger partial charge in [0.2, 0.25) is 0 Å². The first-order valence-corrected chi connectivity index (χ1v) is 7.95. The molecule has 112 valence electrons. The third-order valence-corrected chi connectivity index (χ3v) is 3.77. The predicted molar refractivity (Wildman–Crippen MR) is 83.9 cm³/mol. The Labute approximate surface area is 128 Å². The Balaban J connectivity index is 3.12. The largest absolute Gasteiger partial charge is 0.504 e. The Hall–Kier alpha value is -1.23. The van der Waals surface area contributed by atoms with Crippen LogP contribution in [0.25, 0.3) is 0 Å². The number of phenols is 1. The van der Waals surface area contributed by atoms with Gasteiger partial charge in [0.1, 0.15) is 0 Å². The van der Waals surface area contributed by atoms with Gasteiger partial charge >= 0.3 is 0 Å². The fraction of sp³-hybridized carbons (Fsp3) is 0.533. The zero-order chi connectivity index (χ0) is 15.1. The van der Waals surface area contributed by atoms with Crippen molar-refractivity contribution in [2.45, 2.75) is 32.7 Å². The third-order valence-electron chi connectivity index (χ3n) is 3.42. The Morgan fingerprint density at radius 3 is 2.55 bits per heavy atom. The quantitative estimate of drug-likeness (QED) is 0.771. The average Bonchev–Trinajstić information content (AvgIpc) is 2.47. The molecule has 0 fully saturated rings. The van der Waals surface area contributed by atoms with Crippen molar-refractivity contribution < 1.29 is 14.6 Å². The van der Waals surface area contributed by atoms with Crippen molar-refractivity contribution in [1.29, 1.82) is 0 Å². The molecule has 0 aliphatic rings. The van der Waals surface area contributed by atoms with Crippen molar-refractivity contribution >= 4 is 21.8 Å². The minimum atomic E-state index is -0.158. The molecule has 0 saturated carbocycles. The molecule has 0 aliphatic heterocycles. The maximum Gasteiger partial charge on any atom is 0.258 e. The lowest BCUT2D eigenvalue weighted by molar-refractivity contribution is 0.0679. The van der Waals surface area contributed by atoms with Crippen LogP contribution in [-0.2, 0) is 0 Å². The van der Waals surface area contributed by atoms with Gasteiger partial charge < -0.3 is 14.7 Å². The van der Waals surface area contributed by atoms with E-state index in [1.807, 2.05) is 4.90 Å². The summed E-state index contributed by atoms with van der Waals surface area (Å²) in [6.45, 7) is 4.74. The number of rotatable bonds is 7. The van der Waals surface area contributed by atoms with Crippen molar-refractivity contribution in [2.24, 2.45) is 0 Å². The van der Waals surface area contributed by atoms with Crippen LogP contribution < -0.4 is 4.74 Å². The maximum atomic E-state index is 12.7. The Kier molecular flexibility index (Phi) is 6.85. The summed E-state index contributed by atoms with van der Waals surface area (Å²) in [5.41, 5.74) is 0.289. The minimum absolute atomic E-state index is 0.0921. The van der Waals surface area contributed by atoms with E-state index in [-0.39, 0.29) is 23.3 Å². The molecule has 0 spiro atoms. The van der Waals surface area contributed by atoms with Gasteiger partial charge in [0.05, 0.1) is 12.7 Å². The van der Waals surface area contributed by atoms with E-state index in [9.17, 15) is 9.90 Å². The molecule has 1 rings (SSSR count). The molecule has 0 radical (unpaired) electrons. The topological polar surface area (TPSA) is 49.8 Å². The van der Waals surface area contributed by atoms with E-state index in [1.165, 1.54) is 7.11 Å². The number of benzene rings is 1. The standard InChI is InChI=1S/C15H22BrNO3/c1-4-11(5-2)17(10-9-16)15(19)12-7-6-8-13(20-3)14(12)18/h6-8,11,18H,4-5,9-10H2,1-3H3. The molecule has 1 amide bonds. The Morgan fingerprint density at radius 2 is 2.05 bits per heavy atom. The van der Waals surface area contributed by atoms with Crippen molar-refractivity contribution in [3.05, 3.63) is 23.8 Å². The van der Waals surface area contributed by atoms with Crippen LogP contribution in [-0.4, -0.2) is 40.9 Å². The first kappa shape index (κ1) is 16.8. The third kappa shape index (κ3) is 3.66. The number of hydrogen-bond donors (Lipinski definition) is 1. The van der Waals surface area contributed by atoms with E-state index in [0.29, 0.717) is 17.6 Å². The van der Waals surface area contributed by atoms with E-state index in [2.05, 4.69) is 29.8 Å². The molecular formula is C15H22BrNO3. The summed E-state index contributed by atoms with van der Waals surface area (Å²) in [4.78, 5) is 14.5. The van der Waals surface area contributed by atoms with Gasteiger partial charge in [-0.1, -0.05) is 35.8 Å². The number of carbonyl (C=O) groups is 1. The normalized spacial score (nSPS) is 10.7. The first-order valence-electron chi connectivity index (χ1n) is 6.83. The van der Waals surface area contributed by atoms with Crippen LogP contribution in [0.2, 0.25) is 0 Å². The summed E-state index contributed by atoms with van der Waals surface area (Å²) < 4.78 is 5.06. The molecule has 0 unspecified atom stereocenters. The van der Waals surface area contributed by atoms with Gasteiger partial charge in [0.25, 0.3) is 5.91 Å². The highest BCUT2D eigenvalue weighted by Gasteiger charge is 2.25. The number of carbonyl (C=O) groups excluding carboxylic acids is 1. The number of nitrogens with zero attached hydrogens (tertiary/aromatic N) is 1. The molecule has 5 heteroatoms. The SMILES string of the molecule is CCC(CC)N(CCBr)C(=O)c1cccc(OC)c1O. The molecule has 0 bridgehead atoms. The first-order chi connectivity index (χ1) is 9.60. The fourth-order valence-electron chi connectivity index (χ4n) is 2.28. The smallest absolute Gasteiger partial charge is 0.258 e. The molecule has 1 N–H and O–H groups in total. The second-order valence-electron chi connectivity index (χ2n) is 4.51. The lowest BCUT2D eigenvalue weighted by Crippen LogP contribution is -2.41. The van der Waals surface area contributed by atoms with Gasteiger partial charge in [-0.2, -0.15) is 0 Å². The molecule has 1 aromatic rings. The summed E-state index contributed by atoms with van der Waals surface area (Å²) in [5, 5.41) is 10.8. The van der Waals surface area contributed by atoms with Crippen molar-refractivity contribution in [1.82, 2.24) is 4.90 Å². The van der Waals surface area contributed by atoms with E-state index in [0.717, 1.165) is 12.8 Å². The molecule has 1 aromatic carbocycles. The lowest BCUT2D eigenvalue weighted by atomic mass is 10.1. The number of halogens is 1. The van der Waals surface area contributed by atoms with Gasteiger partial charge in [0.15, 0.2) is 11.5 Å². The number of hydrogen-bond acceptors (Lipinski definition) is 3. The number of para-hydroxylation sites is 1. The van der Waals surface area contributed by atoms with E-state index < -0.39 is 0 Å². The lowest BCUT2D eigenvalue weighted by Gasteiger charge is -2.30. The Bertz CT molecular complexity index is 447. The molecule has 0 atom stereocenters. The molecule has 0 heterocycles. The van der Waals surface area contributed by atoms with Crippen LogP contribution in [0.1, 0.15) is 37.0 Å². The van der Waals surface area contributed by atoms with E-state index >= 15 is 0 Å². The van der Waals surface area contributed by atoms with Crippen LogP contribution in [0.5, 0.6) is 11.5 Å². The second kappa shape index (κ2) is 8.15. The maximum absolute atomic E-state index is 12.7. The van der Waals surface area contributed by atoms with Crippen molar-refractivity contribution in [3.63, 3.8) is 0 Å². The molecule has 4 nitrogen and oxygen atoms in total. The zero-order valence-electron chi connectivity index (χ0n) is 12.2. The number of amides is 1. The van der Waals surface area contributed by atoms with Gasteiger partial charge in [0, 0.05) is 17.9 Å². The van der Waals surface area contributed by atoms with Gasteiger partial charge in [-0.05, 0) is 25.0 Å². The molecular weight excluding hydrogens is 322 g/mol. The summed E-state index contributed by atoms with van der Waals surface area (Å²) in [6.07, 6.45) is 1.78. The minimum Gasteiger partial charge on any atom is -0.504 e. The van der Waals surface area contributed by atoms with Crippen molar-refractivity contribution in [2.75, 3.05) is 19.0 Å². The number of methoxy groups -OCH3 is 1. The highest BCUT2D eigenvalue weighted by atomic mass is 79.9. The number of aromatic hydroxyl groups is 1. The number of alkyl halides is 1. The monoisotopic (exact) mass is 343 g/mol. The van der Waals surface area contributed by atoms with Crippen LogP contribution in [0.3, 0.4) is 0 Å². The van der Waals surface area contributed by atoms with Crippen LogP contribution >= 0.6 is 15.9 Å². The van der Waals surface area contributed by atoms with E-state index in [1.54, 1.807) is 18.2 Å². The highest BCUT2D eigenvalue weighted by Crippen LogP contribution is 2.31. The average molecular weight is 344 g/mol. The summed E-state index contributed by atoms with van der Waals surface area (Å²) in [5.74, 6) is 0.0688. The molecule has 0 aliphatic carbocycles. The summed E-state index contributed by atoms with van der Waals surface area (Å²) in [7, 11) is 1.47. The number of ether oxygens (including phenoxy) is 1. The van der Waals surface area contributed by atoms with Gasteiger partial charge in [-0.25, -0.2) is 0 Å². The number of phenolic OH excluding ortho intramolecular Hbond substituents is 1. The predicted octanol–water partition coefficient (Wildman–Crippen LogP) is 3.43. The molecule has 0 saturated heterocycles. The van der Waals surface area contributed by atoms with Crippen LogP contribution in [0.15, 0.2) is 18.2 Å². The fourth-order valence-corrected chi connectivity index (χ4v) is 2.67. The summed E-state index contributed by atoms with van der Waals surface area (Å²) in [6, 6.07) is 5.15. The highest BCUT2D eigenvalue weighted by molar-refractivity contribution is 9.09. The molecule has 0 aromatic heterocycles.